The van der Waals surface area contributed by atoms with Crippen molar-refractivity contribution < 1.29 is 9.53 Å². The Hall–Kier alpha value is -0.610. The molecule has 22 heavy (non-hydrogen) atoms. The van der Waals surface area contributed by atoms with E-state index in [2.05, 4.69) is 24.1 Å². The number of amides is 1. The molecule has 1 heterocycles. The van der Waals surface area contributed by atoms with E-state index in [-0.39, 0.29) is 11.3 Å². The SMILES string of the molecule is CCCN(C(=O)C1CCNC1)C1CC(OCC)C12CCCC2. The van der Waals surface area contributed by atoms with Gasteiger partial charge in [0.1, 0.15) is 0 Å². The lowest BCUT2D eigenvalue weighted by Crippen LogP contribution is -2.65. The molecule has 0 aromatic rings. The van der Waals surface area contributed by atoms with Crippen LogP contribution in [0.3, 0.4) is 0 Å². The van der Waals surface area contributed by atoms with Crippen molar-refractivity contribution in [3.63, 3.8) is 0 Å². The van der Waals surface area contributed by atoms with Crippen LogP contribution in [0.5, 0.6) is 0 Å². The van der Waals surface area contributed by atoms with Gasteiger partial charge in [-0.05, 0) is 45.6 Å². The Morgan fingerprint density at radius 3 is 2.68 bits per heavy atom. The molecule has 3 fully saturated rings. The highest BCUT2D eigenvalue weighted by atomic mass is 16.5. The molecule has 2 aliphatic carbocycles. The number of nitrogens with one attached hydrogen (secondary N) is 1. The molecule has 126 valence electrons. The molecule has 0 aromatic carbocycles. The van der Waals surface area contributed by atoms with Gasteiger partial charge in [0.15, 0.2) is 0 Å². The molecule has 3 rings (SSSR count). The number of carbonyl (C=O) groups is 1. The third kappa shape index (κ3) is 2.69. The first-order valence-corrected chi connectivity index (χ1v) is 9.35. The standard InChI is InChI=1S/C18H32N2O2/c1-3-11-20(17(21)14-7-10-19-13-14)15-12-16(22-4-2)18(15)8-5-6-9-18/h14-16,19H,3-13H2,1-2H3. The van der Waals surface area contributed by atoms with E-state index in [1.54, 1.807) is 0 Å². The van der Waals surface area contributed by atoms with Crippen LogP contribution >= 0.6 is 0 Å². The Kier molecular flexibility index (Phi) is 5.08. The minimum atomic E-state index is 0.205. The Morgan fingerprint density at radius 2 is 2.09 bits per heavy atom. The summed E-state index contributed by atoms with van der Waals surface area (Å²) in [6, 6.07) is 0.430. The van der Waals surface area contributed by atoms with Crippen LogP contribution in [-0.2, 0) is 9.53 Å². The fraction of sp³-hybridized carbons (Fsp3) is 0.944. The Bertz CT molecular complexity index is 387. The molecule has 1 saturated heterocycles. The Labute approximate surface area is 135 Å². The van der Waals surface area contributed by atoms with Gasteiger partial charge in [-0.3, -0.25) is 4.79 Å². The summed E-state index contributed by atoms with van der Waals surface area (Å²) in [6.07, 6.45) is 8.61. The molecule has 2 saturated carbocycles. The quantitative estimate of drug-likeness (QED) is 0.820. The van der Waals surface area contributed by atoms with Crippen molar-refractivity contribution in [2.45, 2.75) is 70.9 Å². The van der Waals surface area contributed by atoms with Gasteiger partial charge in [0.25, 0.3) is 0 Å². The zero-order chi connectivity index (χ0) is 15.6. The lowest BCUT2D eigenvalue weighted by molar-refractivity contribution is -0.178. The third-order valence-corrected chi connectivity index (χ3v) is 6.18. The van der Waals surface area contributed by atoms with Crippen molar-refractivity contribution in [1.29, 1.82) is 0 Å². The molecular formula is C18H32N2O2. The van der Waals surface area contributed by atoms with Crippen molar-refractivity contribution >= 4 is 5.91 Å². The third-order valence-electron chi connectivity index (χ3n) is 6.18. The summed E-state index contributed by atoms with van der Waals surface area (Å²) in [5, 5.41) is 3.34. The molecular weight excluding hydrogens is 276 g/mol. The fourth-order valence-electron chi connectivity index (χ4n) is 5.05. The average Bonchev–Trinajstić information content (AvgIpc) is 3.21. The largest absolute Gasteiger partial charge is 0.378 e. The maximum absolute atomic E-state index is 13.0. The van der Waals surface area contributed by atoms with Gasteiger partial charge in [-0.2, -0.15) is 0 Å². The van der Waals surface area contributed by atoms with Gasteiger partial charge >= 0.3 is 0 Å². The van der Waals surface area contributed by atoms with Gasteiger partial charge < -0.3 is 15.0 Å². The second kappa shape index (κ2) is 6.88. The summed E-state index contributed by atoms with van der Waals surface area (Å²) in [5.74, 6) is 0.606. The number of nitrogens with zero attached hydrogens (tertiary/aromatic N) is 1. The molecule has 0 aromatic heterocycles. The van der Waals surface area contributed by atoms with E-state index >= 15 is 0 Å². The van der Waals surface area contributed by atoms with Crippen molar-refractivity contribution in [2.24, 2.45) is 11.3 Å². The van der Waals surface area contributed by atoms with E-state index in [0.717, 1.165) is 45.5 Å². The van der Waals surface area contributed by atoms with Crippen LogP contribution in [0.15, 0.2) is 0 Å². The van der Waals surface area contributed by atoms with Crippen molar-refractivity contribution in [2.75, 3.05) is 26.2 Å². The molecule has 3 aliphatic rings. The van der Waals surface area contributed by atoms with E-state index in [1.165, 1.54) is 25.7 Å². The lowest BCUT2D eigenvalue weighted by Gasteiger charge is -2.58. The van der Waals surface area contributed by atoms with Crippen LogP contribution in [0.1, 0.15) is 58.8 Å². The van der Waals surface area contributed by atoms with E-state index in [0.29, 0.717) is 18.1 Å². The number of ether oxygens (including phenoxy) is 1. The maximum atomic E-state index is 13.0. The Balaban J connectivity index is 1.74. The maximum Gasteiger partial charge on any atom is 0.227 e. The van der Waals surface area contributed by atoms with E-state index in [9.17, 15) is 4.79 Å². The van der Waals surface area contributed by atoms with Crippen LogP contribution in [0.4, 0.5) is 0 Å². The smallest absolute Gasteiger partial charge is 0.227 e. The molecule has 4 heteroatoms. The highest BCUT2D eigenvalue weighted by molar-refractivity contribution is 5.80. The van der Waals surface area contributed by atoms with Gasteiger partial charge in [0.05, 0.1) is 12.0 Å². The summed E-state index contributed by atoms with van der Waals surface area (Å²) in [6.45, 7) is 7.86. The molecule has 0 bridgehead atoms. The highest BCUT2D eigenvalue weighted by Crippen LogP contribution is 2.56. The van der Waals surface area contributed by atoms with E-state index < -0.39 is 0 Å². The molecule has 1 amide bonds. The first kappa shape index (κ1) is 16.3. The predicted octanol–water partition coefficient (Wildman–Crippen LogP) is 2.57. The molecule has 3 atom stereocenters. The van der Waals surface area contributed by atoms with Crippen LogP contribution in [0.25, 0.3) is 0 Å². The second-order valence-corrected chi connectivity index (χ2v) is 7.36. The summed E-state index contributed by atoms with van der Waals surface area (Å²) in [4.78, 5) is 15.3. The van der Waals surface area contributed by atoms with Gasteiger partial charge in [0.2, 0.25) is 5.91 Å². The zero-order valence-corrected chi connectivity index (χ0v) is 14.3. The molecule has 4 nitrogen and oxygen atoms in total. The normalized spacial score (nSPS) is 33.1. The van der Waals surface area contributed by atoms with Gasteiger partial charge in [-0.25, -0.2) is 0 Å². The summed E-state index contributed by atoms with van der Waals surface area (Å²) in [7, 11) is 0. The van der Waals surface area contributed by atoms with Gasteiger partial charge in [-0.1, -0.05) is 19.8 Å². The summed E-state index contributed by atoms with van der Waals surface area (Å²) in [5.41, 5.74) is 0.271. The topological polar surface area (TPSA) is 41.6 Å². The van der Waals surface area contributed by atoms with E-state index in [4.69, 9.17) is 4.74 Å². The van der Waals surface area contributed by atoms with Gasteiger partial charge in [0, 0.05) is 31.2 Å². The summed E-state index contributed by atoms with van der Waals surface area (Å²) >= 11 is 0. The van der Waals surface area contributed by atoms with Crippen molar-refractivity contribution in [1.82, 2.24) is 10.2 Å². The molecule has 1 aliphatic heterocycles. The number of hydrogen-bond acceptors (Lipinski definition) is 3. The highest BCUT2D eigenvalue weighted by Gasteiger charge is 2.59. The minimum Gasteiger partial charge on any atom is -0.378 e. The number of hydrogen-bond donors (Lipinski definition) is 1. The lowest BCUT2D eigenvalue weighted by atomic mass is 9.59. The first-order valence-electron chi connectivity index (χ1n) is 9.35. The minimum absolute atomic E-state index is 0.205. The van der Waals surface area contributed by atoms with E-state index in [1.807, 2.05) is 0 Å². The molecule has 0 radical (unpaired) electrons. The van der Waals surface area contributed by atoms with Crippen LogP contribution in [0.2, 0.25) is 0 Å². The first-order chi connectivity index (χ1) is 10.7. The predicted molar refractivity (Wildman–Crippen MR) is 87.7 cm³/mol. The van der Waals surface area contributed by atoms with Crippen LogP contribution in [0, 0.1) is 11.3 Å². The zero-order valence-electron chi connectivity index (χ0n) is 14.3. The van der Waals surface area contributed by atoms with Gasteiger partial charge in [-0.15, -0.1) is 0 Å². The van der Waals surface area contributed by atoms with Crippen LogP contribution in [-0.4, -0.2) is 49.2 Å². The second-order valence-electron chi connectivity index (χ2n) is 7.36. The molecule has 3 unspecified atom stereocenters. The fourth-order valence-corrected chi connectivity index (χ4v) is 5.05. The number of carbonyl (C=O) groups excluding carboxylic acids is 1. The van der Waals surface area contributed by atoms with Crippen molar-refractivity contribution in [3.8, 4) is 0 Å². The Morgan fingerprint density at radius 1 is 1.32 bits per heavy atom. The molecule has 1 N–H and O–H groups in total. The monoisotopic (exact) mass is 308 g/mol. The average molecular weight is 308 g/mol. The van der Waals surface area contributed by atoms with Crippen LogP contribution < -0.4 is 5.32 Å². The molecule has 1 spiro atoms. The number of rotatable bonds is 6. The summed E-state index contributed by atoms with van der Waals surface area (Å²) < 4.78 is 6.03. The van der Waals surface area contributed by atoms with Crippen molar-refractivity contribution in [3.05, 3.63) is 0 Å².